The molecule has 5 rings (SSSR count). The van der Waals surface area contributed by atoms with Crippen LogP contribution in [0.15, 0.2) is 58.8 Å². The van der Waals surface area contributed by atoms with E-state index in [0.29, 0.717) is 0 Å². The maximum absolute atomic E-state index is 4.42. The van der Waals surface area contributed by atoms with Crippen LogP contribution >= 0.6 is 23.5 Å². The molecule has 1 unspecified atom stereocenters. The van der Waals surface area contributed by atoms with Gasteiger partial charge in [-0.3, -0.25) is 4.57 Å². The van der Waals surface area contributed by atoms with Gasteiger partial charge >= 0.3 is 0 Å². The van der Waals surface area contributed by atoms with Gasteiger partial charge in [-0.1, -0.05) is 59.9 Å². The Bertz CT molecular complexity index is 1150. The molecule has 1 aliphatic heterocycles. The zero-order valence-electron chi connectivity index (χ0n) is 16.1. The third-order valence-electron chi connectivity index (χ3n) is 5.05. The van der Waals surface area contributed by atoms with Gasteiger partial charge in [0.15, 0.2) is 11.0 Å². The summed E-state index contributed by atoms with van der Waals surface area (Å²) < 4.78 is 4.06. The fourth-order valence-corrected chi connectivity index (χ4v) is 5.51. The van der Waals surface area contributed by atoms with Gasteiger partial charge in [0, 0.05) is 17.1 Å². The standard InChI is InChI=1S/C20H19N7S2/c1-13-8-9-16(10-14(13)2)27-20(23-24-25-27)29-12-17-11-28-19-22-21-18(26(17)19)15-6-4-3-5-7-15/h3-10,17H,11-12H2,1-2H3. The number of aryl methyl sites for hydroxylation is 2. The lowest BCUT2D eigenvalue weighted by atomic mass is 10.1. The van der Waals surface area contributed by atoms with Crippen molar-refractivity contribution in [2.45, 2.75) is 30.2 Å². The number of nitrogens with zero attached hydrogens (tertiary/aromatic N) is 7. The van der Waals surface area contributed by atoms with Crippen LogP contribution in [0.1, 0.15) is 17.2 Å². The van der Waals surface area contributed by atoms with E-state index >= 15 is 0 Å². The number of tetrazole rings is 1. The molecule has 0 spiro atoms. The zero-order valence-corrected chi connectivity index (χ0v) is 17.7. The van der Waals surface area contributed by atoms with Crippen molar-refractivity contribution >= 4 is 23.5 Å². The number of fused-ring (bicyclic) bond motifs is 1. The first kappa shape index (κ1) is 18.4. The van der Waals surface area contributed by atoms with Gasteiger partial charge in [0.1, 0.15) is 0 Å². The highest BCUT2D eigenvalue weighted by molar-refractivity contribution is 8.00. The summed E-state index contributed by atoms with van der Waals surface area (Å²) in [5.41, 5.74) is 4.55. The van der Waals surface area contributed by atoms with Gasteiger partial charge in [0.25, 0.3) is 0 Å². The van der Waals surface area contributed by atoms with Gasteiger partial charge in [-0.15, -0.1) is 15.3 Å². The minimum atomic E-state index is 0.287. The molecule has 2 aromatic carbocycles. The van der Waals surface area contributed by atoms with Crippen molar-refractivity contribution in [2.24, 2.45) is 0 Å². The van der Waals surface area contributed by atoms with E-state index in [1.807, 2.05) is 22.9 Å². The number of hydrogen-bond donors (Lipinski definition) is 0. The van der Waals surface area contributed by atoms with Gasteiger partial charge in [-0.05, 0) is 47.5 Å². The van der Waals surface area contributed by atoms with Crippen LogP contribution in [0.25, 0.3) is 17.1 Å². The number of aromatic nitrogens is 7. The quantitative estimate of drug-likeness (QED) is 0.451. The van der Waals surface area contributed by atoms with Crippen molar-refractivity contribution in [3.63, 3.8) is 0 Å². The summed E-state index contributed by atoms with van der Waals surface area (Å²) in [5, 5.41) is 22.9. The van der Waals surface area contributed by atoms with E-state index in [1.165, 1.54) is 11.1 Å². The first-order chi connectivity index (χ1) is 14.2. The van der Waals surface area contributed by atoms with Crippen LogP contribution in [0.3, 0.4) is 0 Å². The normalized spacial score (nSPS) is 15.6. The molecule has 0 bridgehead atoms. The van der Waals surface area contributed by atoms with E-state index in [0.717, 1.165) is 38.9 Å². The third-order valence-corrected chi connectivity index (χ3v) is 7.20. The van der Waals surface area contributed by atoms with Crippen LogP contribution in [0, 0.1) is 13.8 Å². The molecule has 2 aromatic heterocycles. The number of hydrogen-bond acceptors (Lipinski definition) is 7. The summed E-state index contributed by atoms with van der Waals surface area (Å²) in [6.45, 7) is 4.21. The molecule has 0 saturated heterocycles. The molecule has 7 nitrogen and oxygen atoms in total. The van der Waals surface area contributed by atoms with Gasteiger partial charge in [-0.25, -0.2) is 0 Å². The third kappa shape index (κ3) is 3.44. The second-order valence-electron chi connectivity index (χ2n) is 6.96. The van der Waals surface area contributed by atoms with Crippen LogP contribution in [0.2, 0.25) is 0 Å². The Morgan fingerprint density at radius 1 is 1.03 bits per heavy atom. The van der Waals surface area contributed by atoms with Crippen molar-refractivity contribution in [1.82, 2.24) is 35.0 Å². The number of rotatable bonds is 5. The van der Waals surface area contributed by atoms with Crippen LogP contribution in [0.4, 0.5) is 0 Å². The topological polar surface area (TPSA) is 74.3 Å². The van der Waals surface area contributed by atoms with E-state index in [9.17, 15) is 0 Å². The van der Waals surface area contributed by atoms with Crippen molar-refractivity contribution in [2.75, 3.05) is 11.5 Å². The lowest BCUT2D eigenvalue weighted by Gasteiger charge is -2.14. The predicted molar refractivity (Wildman–Crippen MR) is 115 cm³/mol. The molecule has 9 heteroatoms. The Kier molecular flexibility index (Phi) is 4.84. The summed E-state index contributed by atoms with van der Waals surface area (Å²) in [4.78, 5) is 0. The molecule has 0 amide bonds. The van der Waals surface area contributed by atoms with Crippen molar-refractivity contribution in [3.8, 4) is 17.1 Å². The molecule has 29 heavy (non-hydrogen) atoms. The Balaban J connectivity index is 1.38. The summed E-state index contributed by atoms with van der Waals surface area (Å²) in [7, 11) is 0. The van der Waals surface area contributed by atoms with Crippen LogP contribution < -0.4 is 0 Å². The van der Waals surface area contributed by atoms with Crippen LogP contribution in [-0.2, 0) is 0 Å². The molecule has 1 aliphatic rings. The zero-order chi connectivity index (χ0) is 19.8. The first-order valence-electron chi connectivity index (χ1n) is 9.32. The summed E-state index contributed by atoms with van der Waals surface area (Å²) in [6, 6.07) is 16.8. The van der Waals surface area contributed by atoms with E-state index in [4.69, 9.17) is 0 Å². The Morgan fingerprint density at radius 2 is 1.90 bits per heavy atom. The predicted octanol–water partition coefficient (Wildman–Crippen LogP) is 3.98. The van der Waals surface area contributed by atoms with E-state index in [2.05, 4.69) is 74.5 Å². The highest BCUT2D eigenvalue weighted by atomic mass is 32.2. The average molecular weight is 422 g/mol. The maximum Gasteiger partial charge on any atom is 0.214 e. The molecular formula is C20H19N7S2. The van der Waals surface area contributed by atoms with Gasteiger partial charge < -0.3 is 0 Å². The lowest BCUT2D eigenvalue weighted by molar-refractivity contribution is 0.596. The molecule has 1 atom stereocenters. The molecule has 0 N–H and O–H groups in total. The summed E-state index contributed by atoms with van der Waals surface area (Å²) >= 11 is 3.41. The highest BCUT2D eigenvalue weighted by Crippen LogP contribution is 2.38. The molecule has 0 saturated carbocycles. The minimum absolute atomic E-state index is 0.287. The Hall–Kier alpha value is -2.65. The molecule has 3 heterocycles. The van der Waals surface area contributed by atoms with Gasteiger partial charge in [0.05, 0.1) is 11.7 Å². The second-order valence-corrected chi connectivity index (χ2v) is 8.93. The molecular weight excluding hydrogens is 402 g/mol. The smallest absolute Gasteiger partial charge is 0.214 e. The Morgan fingerprint density at radius 3 is 2.72 bits per heavy atom. The molecule has 4 aromatic rings. The summed E-state index contributed by atoms with van der Waals surface area (Å²) in [6.07, 6.45) is 0. The second kappa shape index (κ2) is 7.64. The van der Waals surface area contributed by atoms with E-state index < -0.39 is 0 Å². The lowest BCUT2D eigenvalue weighted by Crippen LogP contribution is -2.12. The first-order valence-corrected chi connectivity index (χ1v) is 11.3. The molecule has 0 aliphatic carbocycles. The fourth-order valence-electron chi connectivity index (χ4n) is 3.32. The van der Waals surface area contributed by atoms with Crippen LogP contribution in [-0.4, -0.2) is 46.5 Å². The average Bonchev–Trinajstić information content (AvgIpc) is 3.46. The maximum atomic E-state index is 4.42. The highest BCUT2D eigenvalue weighted by Gasteiger charge is 2.29. The SMILES string of the molecule is Cc1ccc(-n2nnnc2SCC2CSc3nnc(-c4ccccc4)n32)cc1C. The number of benzene rings is 2. The van der Waals surface area contributed by atoms with Gasteiger partial charge in [-0.2, -0.15) is 4.68 Å². The van der Waals surface area contributed by atoms with Crippen molar-refractivity contribution < 1.29 is 0 Å². The van der Waals surface area contributed by atoms with Crippen LogP contribution in [0.5, 0.6) is 0 Å². The van der Waals surface area contributed by atoms with E-state index in [-0.39, 0.29) is 6.04 Å². The fraction of sp³-hybridized carbons (Fsp3) is 0.250. The molecule has 0 fully saturated rings. The number of thioether (sulfide) groups is 2. The minimum Gasteiger partial charge on any atom is -0.297 e. The Labute approximate surface area is 176 Å². The van der Waals surface area contributed by atoms with E-state index in [1.54, 1.807) is 23.5 Å². The molecule has 0 radical (unpaired) electrons. The van der Waals surface area contributed by atoms with Crippen molar-refractivity contribution in [1.29, 1.82) is 0 Å². The largest absolute Gasteiger partial charge is 0.297 e. The van der Waals surface area contributed by atoms with Gasteiger partial charge in [0.2, 0.25) is 5.16 Å². The molecule has 146 valence electrons. The van der Waals surface area contributed by atoms with Crippen molar-refractivity contribution in [3.05, 3.63) is 59.7 Å². The summed E-state index contributed by atoms with van der Waals surface area (Å²) in [5.74, 6) is 2.75. The monoisotopic (exact) mass is 421 g/mol.